The largest absolute Gasteiger partial charge is 0.377 e. The molecule has 16 heavy (non-hydrogen) atoms. The lowest BCUT2D eigenvalue weighted by Crippen LogP contribution is -2.08. The highest BCUT2D eigenvalue weighted by atomic mass is 15.1. The fourth-order valence-electron chi connectivity index (χ4n) is 1.60. The molecule has 0 aliphatic heterocycles. The standard InChI is InChI=1S/C12H13N.C3H8/c1-13(2)12-9-5-7-10-6-3-4-8-11(10)12;1-3-2/h3-9H,1-2H3;3H2,1-2H3. The number of benzene rings is 2. The predicted octanol–water partition coefficient (Wildman–Crippen LogP) is 4.32. The van der Waals surface area contributed by atoms with E-state index in [1.165, 1.54) is 22.9 Å². The van der Waals surface area contributed by atoms with Crippen LogP contribution >= 0.6 is 0 Å². The minimum atomic E-state index is 1.25. The lowest BCUT2D eigenvalue weighted by molar-refractivity contribution is 1.09. The van der Waals surface area contributed by atoms with Gasteiger partial charge in [0.1, 0.15) is 0 Å². The van der Waals surface area contributed by atoms with Crippen molar-refractivity contribution < 1.29 is 0 Å². The number of fused-ring (bicyclic) bond motifs is 1. The van der Waals surface area contributed by atoms with E-state index in [0.717, 1.165) is 0 Å². The summed E-state index contributed by atoms with van der Waals surface area (Å²) in [7, 11) is 4.14. The molecule has 0 atom stereocenters. The van der Waals surface area contributed by atoms with Gasteiger partial charge >= 0.3 is 0 Å². The van der Waals surface area contributed by atoms with Crippen molar-refractivity contribution in [2.75, 3.05) is 19.0 Å². The van der Waals surface area contributed by atoms with Crippen LogP contribution in [0.15, 0.2) is 42.5 Å². The van der Waals surface area contributed by atoms with E-state index in [2.05, 4.69) is 75.3 Å². The number of hydrogen-bond donors (Lipinski definition) is 0. The molecule has 0 aliphatic rings. The van der Waals surface area contributed by atoms with Crippen LogP contribution in [0.2, 0.25) is 0 Å². The highest BCUT2D eigenvalue weighted by Crippen LogP contribution is 2.24. The summed E-state index contributed by atoms with van der Waals surface area (Å²) >= 11 is 0. The van der Waals surface area contributed by atoms with Gasteiger partial charge < -0.3 is 4.90 Å². The lowest BCUT2D eigenvalue weighted by Gasteiger charge is -2.14. The van der Waals surface area contributed by atoms with Crippen molar-refractivity contribution in [1.29, 1.82) is 0 Å². The van der Waals surface area contributed by atoms with Crippen LogP contribution in [-0.4, -0.2) is 14.1 Å². The molecule has 0 heterocycles. The van der Waals surface area contributed by atoms with Gasteiger partial charge in [0.2, 0.25) is 0 Å². The fourth-order valence-corrected chi connectivity index (χ4v) is 1.60. The van der Waals surface area contributed by atoms with E-state index in [0.29, 0.717) is 0 Å². The summed E-state index contributed by atoms with van der Waals surface area (Å²) in [5, 5.41) is 2.61. The predicted molar refractivity (Wildman–Crippen MR) is 74.2 cm³/mol. The van der Waals surface area contributed by atoms with Crippen molar-refractivity contribution in [2.24, 2.45) is 0 Å². The fraction of sp³-hybridized carbons (Fsp3) is 0.333. The Kier molecular flexibility index (Phi) is 4.84. The van der Waals surface area contributed by atoms with E-state index in [1.807, 2.05) is 0 Å². The van der Waals surface area contributed by atoms with Crippen LogP contribution in [0.3, 0.4) is 0 Å². The molecule has 0 spiro atoms. The number of rotatable bonds is 1. The molecule has 0 aromatic heterocycles. The van der Waals surface area contributed by atoms with Gasteiger partial charge in [-0.2, -0.15) is 0 Å². The van der Waals surface area contributed by atoms with Crippen molar-refractivity contribution in [3.05, 3.63) is 42.5 Å². The van der Waals surface area contributed by atoms with Crippen LogP contribution < -0.4 is 4.90 Å². The van der Waals surface area contributed by atoms with Gasteiger partial charge in [0.15, 0.2) is 0 Å². The molecule has 2 aromatic carbocycles. The zero-order valence-electron chi connectivity index (χ0n) is 10.7. The highest BCUT2D eigenvalue weighted by molar-refractivity contribution is 5.94. The molecule has 0 saturated heterocycles. The summed E-state index contributed by atoms with van der Waals surface area (Å²) in [5.41, 5.74) is 1.28. The zero-order chi connectivity index (χ0) is 12.0. The van der Waals surface area contributed by atoms with Gasteiger partial charge in [-0.25, -0.2) is 0 Å². The quantitative estimate of drug-likeness (QED) is 0.684. The van der Waals surface area contributed by atoms with E-state index in [9.17, 15) is 0 Å². The van der Waals surface area contributed by atoms with E-state index in [-0.39, 0.29) is 0 Å². The summed E-state index contributed by atoms with van der Waals surface area (Å²) < 4.78 is 0. The number of nitrogens with zero attached hydrogens (tertiary/aromatic N) is 1. The van der Waals surface area contributed by atoms with Crippen molar-refractivity contribution in [1.82, 2.24) is 0 Å². The summed E-state index contributed by atoms with van der Waals surface area (Å²) in [4.78, 5) is 2.14. The van der Waals surface area contributed by atoms with E-state index < -0.39 is 0 Å². The molecule has 0 fully saturated rings. The second-order valence-electron chi connectivity index (χ2n) is 4.10. The summed E-state index contributed by atoms with van der Waals surface area (Å²) in [6.45, 7) is 4.25. The van der Waals surface area contributed by atoms with Crippen molar-refractivity contribution in [3.63, 3.8) is 0 Å². The molecule has 2 rings (SSSR count). The van der Waals surface area contributed by atoms with E-state index in [4.69, 9.17) is 0 Å². The van der Waals surface area contributed by atoms with Crippen molar-refractivity contribution in [3.8, 4) is 0 Å². The molecular weight excluding hydrogens is 194 g/mol. The zero-order valence-corrected chi connectivity index (χ0v) is 10.7. The van der Waals surface area contributed by atoms with Gasteiger partial charge in [-0.1, -0.05) is 56.7 Å². The Balaban J connectivity index is 0.000000386. The number of hydrogen-bond acceptors (Lipinski definition) is 1. The molecule has 0 N–H and O–H groups in total. The average Bonchev–Trinajstić information content (AvgIpc) is 2.29. The maximum Gasteiger partial charge on any atom is 0.0440 e. The third kappa shape index (κ3) is 2.99. The van der Waals surface area contributed by atoms with Crippen LogP contribution in [0.1, 0.15) is 20.3 Å². The molecule has 0 aliphatic carbocycles. The SMILES string of the molecule is CCC.CN(C)c1cccc2ccccc12. The molecule has 1 nitrogen and oxygen atoms in total. The minimum absolute atomic E-state index is 1.25. The van der Waals surface area contributed by atoms with Gasteiger partial charge in [-0.3, -0.25) is 0 Å². The van der Waals surface area contributed by atoms with Crippen LogP contribution in [0.5, 0.6) is 0 Å². The maximum atomic E-state index is 2.16. The van der Waals surface area contributed by atoms with E-state index >= 15 is 0 Å². The Bertz CT molecular complexity index is 427. The maximum absolute atomic E-state index is 2.16. The van der Waals surface area contributed by atoms with Gasteiger partial charge in [-0.05, 0) is 11.5 Å². The smallest absolute Gasteiger partial charge is 0.0440 e. The molecule has 0 radical (unpaired) electrons. The third-order valence-electron chi connectivity index (χ3n) is 2.25. The van der Waals surface area contributed by atoms with Gasteiger partial charge in [0.05, 0.1) is 0 Å². The topological polar surface area (TPSA) is 3.24 Å². The Morgan fingerprint density at radius 3 is 2.06 bits per heavy atom. The van der Waals surface area contributed by atoms with Crippen LogP contribution in [-0.2, 0) is 0 Å². The molecule has 86 valence electrons. The highest BCUT2D eigenvalue weighted by Gasteiger charge is 1.99. The number of anilines is 1. The molecule has 2 aromatic rings. The first-order valence-corrected chi connectivity index (χ1v) is 5.85. The van der Waals surface area contributed by atoms with Gasteiger partial charge in [0, 0.05) is 25.2 Å². The Labute approximate surface area is 98.7 Å². The summed E-state index contributed by atoms with van der Waals surface area (Å²) in [6.07, 6.45) is 1.25. The molecule has 0 amide bonds. The lowest BCUT2D eigenvalue weighted by atomic mass is 10.1. The first kappa shape index (κ1) is 12.6. The first-order chi connectivity index (χ1) is 7.70. The first-order valence-electron chi connectivity index (χ1n) is 5.85. The average molecular weight is 215 g/mol. The van der Waals surface area contributed by atoms with Crippen molar-refractivity contribution >= 4 is 16.5 Å². The van der Waals surface area contributed by atoms with E-state index in [1.54, 1.807) is 0 Å². The molecule has 0 saturated carbocycles. The van der Waals surface area contributed by atoms with Crippen LogP contribution in [0.4, 0.5) is 5.69 Å². The normalized spacial score (nSPS) is 9.50. The molecule has 0 bridgehead atoms. The van der Waals surface area contributed by atoms with Crippen LogP contribution in [0.25, 0.3) is 10.8 Å². The molecule has 1 heteroatoms. The Morgan fingerprint density at radius 1 is 0.875 bits per heavy atom. The minimum Gasteiger partial charge on any atom is -0.377 e. The van der Waals surface area contributed by atoms with Crippen LogP contribution in [0, 0.1) is 0 Å². The van der Waals surface area contributed by atoms with Gasteiger partial charge in [0.25, 0.3) is 0 Å². The van der Waals surface area contributed by atoms with Gasteiger partial charge in [-0.15, -0.1) is 0 Å². The Morgan fingerprint density at radius 2 is 1.44 bits per heavy atom. The molecule has 0 unspecified atom stereocenters. The second-order valence-corrected chi connectivity index (χ2v) is 4.10. The third-order valence-corrected chi connectivity index (χ3v) is 2.25. The monoisotopic (exact) mass is 215 g/mol. The summed E-state index contributed by atoms with van der Waals surface area (Å²) in [5.74, 6) is 0. The van der Waals surface area contributed by atoms with Crippen molar-refractivity contribution in [2.45, 2.75) is 20.3 Å². The molecular formula is C15H21N. The second kappa shape index (κ2) is 6.16. The Hall–Kier alpha value is -1.50. The summed E-state index contributed by atoms with van der Waals surface area (Å²) in [6, 6.07) is 14.8.